The van der Waals surface area contributed by atoms with E-state index in [0.717, 1.165) is 6.07 Å². The fourth-order valence-electron chi connectivity index (χ4n) is 2.20. The number of aliphatic carboxylic acids is 1. The molecule has 1 aromatic carbocycles. The molecule has 0 amide bonds. The highest BCUT2D eigenvalue weighted by molar-refractivity contribution is 5.85. The van der Waals surface area contributed by atoms with Gasteiger partial charge in [0.05, 0.1) is 24.6 Å². The van der Waals surface area contributed by atoms with Gasteiger partial charge in [-0.3, -0.25) is 19.8 Å². The zero-order valence-electron chi connectivity index (χ0n) is 13.6. The van der Waals surface area contributed by atoms with Crippen molar-refractivity contribution >= 4 is 24.1 Å². The van der Waals surface area contributed by atoms with E-state index >= 15 is 0 Å². The maximum absolute atomic E-state index is 12.4. The lowest BCUT2D eigenvalue weighted by Gasteiger charge is -2.20. The van der Waals surface area contributed by atoms with Crippen molar-refractivity contribution < 1.29 is 33.1 Å². The van der Waals surface area contributed by atoms with Gasteiger partial charge in [0.2, 0.25) is 0 Å². The molecule has 0 aliphatic rings. The van der Waals surface area contributed by atoms with Gasteiger partial charge in [-0.1, -0.05) is 6.92 Å². The number of carbonyl (C=O) groups is 1. The topological polar surface area (TPSA) is 102 Å². The molecule has 0 bridgehead atoms. The molecular weight excluding hydrogens is 366 g/mol. The summed E-state index contributed by atoms with van der Waals surface area (Å²) in [6.07, 6.45) is 0.644. The number of alkyl halides is 2. The van der Waals surface area contributed by atoms with Gasteiger partial charge in [0.15, 0.2) is 11.5 Å². The van der Waals surface area contributed by atoms with Gasteiger partial charge >= 0.3 is 12.6 Å². The molecule has 0 aromatic heterocycles. The normalized spacial score (nSPS) is 10.5. The van der Waals surface area contributed by atoms with Crippen LogP contribution in [-0.4, -0.2) is 47.7 Å². The van der Waals surface area contributed by atoms with Crippen LogP contribution < -0.4 is 9.47 Å². The molecule has 1 rings (SSSR count). The second-order valence-electron chi connectivity index (χ2n) is 4.87. The predicted molar refractivity (Wildman–Crippen MR) is 86.7 cm³/mol. The Labute approximate surface area is 148 Å². The molecule has 0 saturated carbocycles. The van der Waals surface area contributed by atoms with E-state index in [-0.39, 0.29) is 36.8 Å². The smallest absolute Gasteiger partial charge is 0.387 e. The van der Waals surface area contributed by atoms with Crippen molar-refractivity contribution in [2.24, 2.45) is 0 Å². The molecule has 1 N–H and O–H groups in total. The minimum absolute atomic E-state index is 0. The second-order valence-corrected chi connectivity index (χ2v) is 4.87. The van der Waals surface area contributed by atoms with E-state index in [1.807, 2.05) is 6.92 Å². The molecule has 142 valence electrons. The van der Waals surface area contributed by atoms with Gasteiger partial charge in [0, 0.05) is 12.1 Å². The van der Waals surface area contributed by atoms with Crippen molar-refractivity contribution in [2.45, 2.75) is 26.5 Å². The average molecular weight is 385 g/mol. The number of methoxy groups -OCH3 is 1. The van der Waals surface area contributed by atoms with Crippen molar-refractivity contribution in [3.8, 4) is 11.5 Å². The zero-order chi connectivity index (χ0) is 18.3. The SMILES string of the molecule is CCCN(CC(=O)O)Cc1cc(OC)c(OC(F)F)cc1[N+](=O)[O-].Cl. The predicted octanol–water partition coefficient (Wildman–Crippen LogP) is 2.92. The van der Waals surface area contributed by atoms with Gasteiger partial charge < -0.3 is 14.6 Å². The van der Waals surface area contributed by atoms with E-state index in [4.69, 9.17) is 9.84 Å². The third-order valence-electron chi connectivity index (χ3n) is 3.07. The number of nitro groups is 1. The highest BCUT2D eigenvalue weighted by Crippen LogP contribution is 2.36. The van der Waals surface area contributed by atoms with Crippen molar-refractivity contribution in [2.75, 3.05) is 20.2 Å². The number of hydrogen-bond acceptors (Lipinski definition) is 6. The first-order valence-electron chi connectivity index (χ1n) is 7.02. The third-order valence-corrected chi connectivity index (χ3v) is 3.07. The Bertz CT molecular complexity index is 603. The van der Waals surface area contributed by atoms with Crippen LogP contribution >= 0.6 is 12.4 Å². The molecule has 11 heteroatoms. The van der Waals surface area contributed by atoms with E-state index in [0.29, 0.717) is 13.0 Å². The standard InChI is InChI=1S/C14H18F2N2O6.ClH/c1-3-4-17(8-13(19)20)7-9-5-11(23-2)12(24-14(15)16)6-10(9)18(21)22;/h5-6,14H,3-4,7-8H2,1-2H3,(H,19,20);1H. The van der Waals surface area contributed by atoms with Crippen LogP contribution in [0.4, 0.5) is 14.5 Å². The lowest BCUT2D eigenvalue weighted by molar-refractivity contribution is -0.385. The van der Waals surface area contributed by atoms with Crippen molar-refractivity contribution in [3.63, 3.8) is 0 Å². The van der Waals surface area contributed by atoms with Gasteiger partial charge in [-0.2, -0.15) is 8.78 Å². The largest absolute Gasteiger partial charge is 0.493 e. The molecule has 8 nitrogen and oxygen atoms in total. The van der Waals surface area contributed by atoms with E-state index in [1.54, 1.807) is 0 Å². The van der Waals surface area contributed by atoms with Gasteiger partial charge in [0.1, 0.15) is 0 Å². The Hall–Kier alpha value is -2.20. The summed E-state index contributed by atoms with van der Waals surface area (Å²) in [5.41, 5.74) is -0.300. The van der Waals surface area contributed by atoms with E-state index in [9.17, 15) is 23.7 Å². The average Bonchev–Trinajstić information content (AvgIpc) is 2.47. The summed E-state index contributed by atoms with van der Waals surface area (Å²) in [5.74, 6) is -1.62. The van der Waals surface area contributed by atoms with Crippen LogP contribution in [0.5, 0.6) is 11.5 Å². The Morgan fingerprint density at radius 3 is 2.48 bits per heavy atom. The zero-order valence-corrected chi connectivity index (χ0v) is 14.4. The highest BCUT2D eigenvalue weighted by atomic mass is 35.5. The first-order chi connectivity index (χ1) is 11.3. The molecule has 0 fully saturated rings. The summed E-state index contributed by atoms with van der Waals surface area (Å²) < 4.78 is 34.0. The molecule has 0 heterocycles. The summed E-state index contributed by atoms with van der Waals surface area (Å²) in [7, 11) is 1.21. The fourth-order valence-corrected chi connectivity index (χ4v) is 2.20. The highest BCUT2D eigenvalue weighted by Gasteiger charge is 2.23. The van der Waals surface area contributed by atoms with Crippen molar-refractivity contribution in [3.05, 3.63) is 27.8 Å². The lowest BCUT2D eigenvalue weighted by Crippen LogP contribution is -2.30. The summed E-state index contributed by atoms with van der Waals surface area (Å²) in [4.78, 5) is 22.9. The molecule has 0 unspecified atom stereocenters. The van der Waals surface area contributed by atoms with Crippen LogP contribution in [0, 0.1) is 10.1 Å². The number of nitrogens with zero attached hydrogens (tertiary/aromatic N) is 2. The number of benzene rings is 1. The number of carboxylic acid groups (broad SMARTS) is 1. The molecular formula is C14H19ClF2N2O6. The molecule has 0 aliphatic heterocycles. The summed E-state index contributed by atoms with van der Waals surface area (Å²) in [6.45, 7) is -1.26. The maximum atomic E-state index is 12.4. The molecule has 0 radical (unpaired) electrons. The van der Waals surface area contributed by atoms with Crippen LogP contribution in [0.2, 0.25) is 0 Å². The van der Waals surface area contributed by atoms with Crippen LogP contribution in [0.15, 0.2) is 12.1 Å². The minimum atomic E-state index is -3.16. The first kappa shape index (κ1) is 22.8. The summed E-state index contributed by atoms with van der Waals surface area (Å²) in [5, 5.41) is 20.1. The Morgan fingerprint density at radius 2 is 2.04 bits per heavy atom. The second kappa shape index (κ2) is 10.6. The molecule has 25 heavy (non-hydrogen) atoms. The number of ether oxygens (including phenoxy) is 2. The van der Waals surface area contributed by atoms with E-state index < -0.39 is 28.9 Å². The first-order valence-corrected chi connectivity index (χ1v) is 7.02. The lowest BCUT2D eigenvalue weighted by atomic mass is 10.1. The van der Waals surface area contributed by atoms with Crippen molar-refractivity contribution in [1.82, 2.24) is 4.90 Å². The Morgan fingerprint density at radius 1 is 1.40 bits per heavy atom. The number of halogens is 3. The summed E-state index contributed by atoms with van der Waals surface area (Å²) in [6, 6.07) is 2.06. The minimum Gasteiger partial charge on any atom is -0.493 e. The Balaban J connectivity index is 0.00000576. The molecule has 0 saturated heterocycles. The van der Waals surface area contributed by atoms with Crippen molar-refractivity contribution in [1.29, 1.82) is 0 Å². The number of hydrogen-bond donors (Lipinski definition) is 1. The van der Waals surface area contributed by atoms with Gasteiger partial charge in [0.25, 0.3) is 5.69 Å². The molecule has 0 spiro atoms. The van der Waals surface area contributed by atoms with Gasteiger partial charge in [-0.25, -0.2) is 0 Å². The fraction of sp³-hybridized carbons (Fsp3) is 0.500. The van der Waals surface area contributed by atoms with Gasteiger partial charge in [-0.15, -0.1) is 12.4 Å². The summed E-state index contributed by atoms with van der Waals surface area (Å²) >= 11 is 0. The molecule has 1 aromatic rings. The number of nitro benzene ring substituents is 1. The maximum Gasteiger partial charge on any atom is 0.387 e. The van der Waals surface area contributed by atoms with Crippen LogP contribution in [0.25, 0.3) is 0 Å². The van der Waals surface area contributed by atoms with E-state index in [1.165, 1.54) is 18.1 Å². The molecule has 0 atom stereocenters. The number of carboxylic acids is 1. The van der Waals surface area contributed by atoms with Crippen LogP contribution in [0.3, 0.4) is 0 Å². The molecule has 0 aliphatic carbocycles. The van der Waals surface area contributed by atoms with Crippen LogP contribution in [-0.2, 0) is 11.3 Å². The quantitative estimate of drug-likeness (QED) is 0.488. The van der Waals surface area contributed by atoms with Gasteiger partial charge in [-0.05, 0) is 19.0 Å². The Kier molecular flexibility index (Phi) is 9.69. The monoisotopic (exact) mass is 384 g/mol. The van der Waals surface area contributed by atoms with Crippen LogP contribution in [0.1, 0.15) is 18.9 Å². The van der Waals surface area contributed by atoms with E-state index in [2.05, 4.69) is 4.74 Å². The number of rotatable bonds is 10. The third kappa shape index (κ3) is 7.06.